The summed E-state index contributed by atoms with van der Waals surface area (Å²) in [4.78, 5) is 24.3. The van der Waals surface area contributed by atoms with Crippen molar-refractivity contribution in [1.82, 2.24) is 10.2 Å². The van der Waals surface area contributed by atoms with Crippen molar-refractivity contribution >= 4 is 34.8 Å². The van der Waals surface area contributed by atoms with Crippen molar-refractivity contribution in [3.8, 4) is 0 Å². The van der Waals surface area contributed by atoms with Gasteiger partial charge in [0.15, 0.2) is 5.11 Å². The van der Waals surface area contributed by atoms with Gasteiger partial charge in [0.2, 0.25) is 11.8 Å². The molecule has 0 aliphatic heterocycles. The van der Waals surface area contributed by atoms with Gasteiger partial charge in [-0.2, -0.15) is 0 Å². The fraction of sp³-hybridized carbons (Fsp3) is 0.400. The van der Waals surface area contributed by atoms with E-state index in [1.165, 1.54) is 0 Å². The number of nitrogens with one attached hydrogen (secondary N) is 2. The third-order valence-corrected chi connectivity index (χ3v) is 3.12. The predicted octanol–water partition coefficient (Wildman–Crippen LogP) is 1.93. The Morgan fingerprint density at radius 2 is 1.81 bits per heavy atom. The second kappa shape index (κ2) is 8.36. The zero-order chi connectivity index (χ0) is 15.8. The third kappa shape index (κ3) is 6.35. The van der Waals surface area contributed by atoms with E-state index in [0.29, 0.717) is 19.3 Å². The maximum absolute atomic E-state index is 11.5. The van der Waals surface area contributed by atoms with Crippen molar-refractivity contribution in [2.24, 2.45) is 0 Å². The number of rotatable bonds is 5. The average Bonchev–Trinajstić information content (AvgIpc) is 2.45. The first-order valence-corrected chi connectivity index (χ1v) is 7.23. The Hall–Kier alpha value is -1.95. The van der Waals surface area contributed by atoms with E-state index in [0.717, 1.165) is 11.3 Å². The van der Waals surface area contributed by atoms with E-state index in [2.05, 4.69) is 10.6 Å². The van der Waals surface area contributed by atoms with E-state index in [9.17, 15) is 9.59 Å². The Balaban J connectivity index is 2.48. The molecule has 0 atom stereocenters. The number of nitrogens with zero attached hydrogens (tertiary/aromatic N) is 1. The minimum absolute atomic E-state index is 0.112. The first-order valence-electron chi connectivity index (χ1n) is 6.82. The molecule has 1 rings (SSSR count). The summed E-state index contributed by atoms with van der Waals surface area (Å²) in [5, 5.41) is 5.81. The Kier molecular flexibility index (Phi) is 6.81. The molecule has 0 radical (unpaired) electrons. The van der Waals surface area contributed by atoms with Crippen LogP contribution in [0.15, 0.2) is 24.3 Å². The average molecular weight is 307 g/mol. The Bertz CT molecular complexity index is 512. The zero-order valence-corrected chi connectivity index (χ0v) is 13.4. The van der Waals surface area contributed by atoms with Crippen molar-refractivity contribution < 1.29 is 9.59 Å². The second-order valence-electron chi connectivity index (χ2n) is 4.84. The molecule has 0 saturated heterocycles. The van der Waals surface area contributed by atoms with Gasteiger partial charge < -0.3 is 15.5 Å². The minimum Gasteiger partial charge on any atom is -0.349 e. The molecule has 0 bridgehead atoms. The first kappa shape index (κ1) is 17.1. The first-order chi connectivity index (χ1) is 9.92. The van der Waals surface area contributed by atoms with Crippen LogP contribution in [0.4, 0.5) is 5.69 Å². The summed E-state index contributed by atoms with van der Waals surface area (Å²) < 4.78 is 0. The predicted molar refractivity (Wildman–Crippen MR) is 88.1 cm³/mol. The molecule has 0 unspecified atom stereocenters. The van der Waals surface area contributed by atoms with Gasteiger partial charge in [0.25, 0.3) is 0 Å². The van der Waals surface area contributed by atoms with Crippen LogP contribution in [0.3, 0.4) is 0 Å². The summed E-state index contributed by atoms with van der Waals surface area (Å²) in [5.41, 5.74) is 1.89. The highest BCUT2D eigenvalue weighted by Crippen LogP contribution is 2.11. The van der Waals surface area contributed by atoms with Crippen LogP contribution in [0.25, 0.3) is 0 Å². The molecule has 1 aromatic carbocycles. The number of carbonyl (C=O) groups excluding carboxylic acids is 2. The molecular weight excluding hydrogens is 286 g/mol. The van der Waals surface area contributed by atoms with Gasteiger partial charge >= 0.3 is 0 Å². The van der Waals surface area contributed by atoms with Crippen LogP contribution >= 0.6 is 12.2 Å². The lowest BCUT2D eigenvalue weighted by Gasteiger charge is -2.11. The molecule has 5 nitrogen and oxygen atoms in total. The Morgan fingerprint density at radius 1 is 1.19 bits per heavy atom. The van der Waals surface area contributed by atoms with Crippen molar-refractivity contribution in [2.45, 2.75) is 26.2 Å². The van der Waals surface area contributed by atoms with Gasteiger partial charge in [0.1, 0.15) is 0 Å². The fourth-order valence-electron chi connectivity index (χ4n) is 1.61. The highest BCUT2D eigenvalue weighted by atomic mass is 32.1. The maximum Gasteiger partial charge on any atom is 0.225 e. The lowest BCUT2D eigenvalue weighted by molar-refractivity contribution is -0.128. The van der Waals surface area contributed by atoms with Crippen molar-refractivity contribution in [3.05, 3.63) is 29.8 Å². The fourth-order valence-corrected chi connectivity index (χ4v) is 1.84. The molecule has 2 amide bonds. The maximum atomic E-state index is 11.5. The molecule has 114 valence electrons. The summed E-state index contributed by atoms with van der Waals surface area (Å²) in [5.74, 6) is -0.00743. The number of hydrogen-bond acceptors (Lipinski definition) is 3. The summed E-state index contributed by atoms with van der Waals surface area (Å²) in [7, 11) is 3.50. The Morgan fingerprint density at radius 3 is 2.33 bits per heavy atom. The second-order valence-corrected chi connectivity index (χ2v) is 5.25. The number of hydrogen-bond donors (Lipinski definition) is 2. The van der Waals surface area contributed by atoms with Crippen LogP contribution in [0.5, 0.6) is 0 Å². The number of benzene rings is 1. The van der Waals surface area contributed by atoms with Gasteiger partial charge in [-0.25, -0.2) is 0 Å². The van der Waals surface area contributed by atoms with Crippen LogP contribution in [0, 0.1) is 0 Å². The summed E-state index contributed by atoms with van der Waals surface area (Å²) in [6.07, 6.45) is 1.58. The highest BCUT2D eigenvalue weighted by molar-refractivity contribution is 7.80. The lowest BCUT2D eigenvalue weighted by atomic mass is 10.1. The van der Waals surface area contributed by atoms with Gasteiger partial charge in [0, 0.05) is 32.6 Å². The van der Waals surface area contributed by atoms with Crippen molar-refractivity contribution in [3.63, 3.8) is 0 Å². The van der Waals surface area contributed by atoms with Crippen molar-refractivity contribution in [1.29, 1.82) is 0 Å². The van der Waals surface area contributed by atoms with Crippen LogP contribution in [-0.4, -0.2) is 35.9 Å². The molecule has 0 saturated carbocycles. The molecule has 0 aromatic heterocycles. The number of aryl methyl sites for hydroxylation is 1. The quantitative estimate of drug-likeness (QED) is 0.816. The minimum atomic E-state index is -0.119. The SMILES string of the molecule is CCC(=O)NC(=S)Nc1ccc(CCC(=O)N(C)C)cc1. The van der Waals surface area contributed by atoms with Crippen LogP contribution in [0.2, 0.25) is 0 Å². The summed E-state index contributed by atoms with van der Waals surface area (Å²) >= 11 is 5.03. The van der Waals surface area contributed by atoms with E-state index in [1.54, 1.807) is 25.9 Å². The van der Waals surface area contributed by atoms with Gasteiger partial charge in [-0.3, -0.25) is 9.59 Å². The zero-order valence-electron chi connectivity index (χ0n) is 12.6. The standard InChI is InChI=1S/C15H21N3O2S/c1-4-13(19)17-15(21)16-12-8-5-11(6-9-12)7-10-14(20)18(2)3/h5-6,8-9H,4,7,10H2,1-3H3,(H2,16,17,19,21). The molecule has 0 fully saturated rings. The van der Waals surface area contributed by atoms with E-state index in [-0.39, 0.29) is 16.9 Å². The van der Waals surface area contributed by atoms with E-state index >= 15 is 0 Å². The summed E-state index contributed by atoms with van der Waals surface area (Å²) in [6, 6.07) is 7.63. The Labute approximate surface area is 130 Å². The lowest BCUT2D eigenvalue weighted by Crippen LogP contribution is -2.33. The van der Waals surface area contributed by atoms with E-state index in [4.69, 9.17) is 12.2 Å². The molecule has 0 spiro atoms. The van der Waals surface area contributed by atoms with E-state index in [1.807, 2.05) is 24.3 Å². The summed E-state index contributed by atoms with van der Waals surface area (Å²) in [6.45, 7) is 1.77. The number of carbonyl (C=O) groups is 2. The molecule has 0 heterocycles. The molecule has 0 aliphatic rings. The monoisotopic (exact) mass is 307 g/mol. The number of amides is 2. The third-order valence-electron chi connectivity index (χ3n) is 2.91. The molecular formula is C15H21N3O2S. The molecule has 0 aliphatic carbocycles. The number of anilines is 1. The van der Waals surface area contributed by atoms with Crippen LogP contribution < -0.4 is 10.6 Å². The van der Waals surface area contributed by atoms with Crippen LogP contribution in [0.1, 0.15) is 25.3 Å². The molecule has 21 heavy (non-hydrogen) atoms. The van der Waals surface area contributed by atoms with Gasteiger partial charge in [-0.15, -0.1) is 0 Å². The van der Waals surface area contributed by atoms with Crippen molar-refractivity contribution in [2.75, 3.05) is 19.4 Å². The molecule has 1 aromatic rings. The largest absolute Gasteiger partial charge is 0.349 e. The topological polar surface area (TPSA) is 61.4 Å². The van der Waals surface area contributed by atoms with Gasteiger partial charge in [0.05, 0.1) is 0 Å². The number of thiocarbonyl (C=S) groups is 1. The molecule has 6 heteroatoms. The van der Waals surface area contributed by atoms with Gasteiger partial charge in [-0.1, -0.05) is 19.1 Å². The van der Waals surface area contributed by atoms with E-state index < -0.39 is 0 Å². The van der Waals surface area contributed by atoms with Gasteiger partial charge in [-0.05, 0) is 36.3 Å². The molecule has 2 N–H and O–H groups in total. The smallest absolute Gasteiger partial charge is 0.225 e. The normalized spacial score (nSPS) is 9.86. The highest BCUT2D eigenvalue weighted by Gasteiger charge is 2.05. The van der Waals surface area contributed by atoms with Crippen LogP contribution in [-0.2, 0) is 16.0 Å².